The number of hydrogen-bond donors (Lipinski definition) is 1. The molecule has 88 valence electrons. The van der Waals surface area contributed by atoms with Crippen molar-refractivity contribution in [2.75, 3.05) is 0 Å². The van der Waals surface area contributed by atoms with Crippen molar-refractivity contribution < 1.29 is 19.7 Å². The minimum Gasteiger partial charge on any atom is -0.300 e. The second kappa shape index (κ2) is 4.93. The molecule has 0 heterocycles. The summed E-state index contributed by atoms with van der Waals surface area (Å²) >= 11 is 0. The molecule has 2 rings (SSSR count). The van der Waals surface area contributed by atoms with Gasteiger partial charge in [-0.3, -0.25) is 9.68 Å². The van der Waals surface area contributed by atoms with Gasteiger partial charge in [0, 0.05) is 5.57 Å². The van der Waals surface area contributed by atoms with Crippen molar-refractivity contribution in [2.24, 2.45) is 5.92 Å². The van der Waals surface area contributed by atoms with Crippen LogP contribution in [-0.2, 0) is 14.5 Å². The molecule has 0 aromatic carbocycles. The molecule has 4 heteroatoms. The Hall–Kier alpha value is -1.94. The summed E-state index contributed by atoms with van der Waals surface area (Å²) in [7, 11) is 0. The molecule has 0 amide bonds. The van der Waals surface area contributed by atoms with E-state index < -0.39 is 11.9 Å². The van der Waals surface area contributed by atoms with E-state index in [0.29, 0.717) is 24.0 Å². The maximum Gasteiger partial charge on any atom is 0.356 e. The highest BCUT2D eigenvalue weighted by Crippen LogP contribution is 2.27. The molecule has 1 N–H and O–H groups in total. The van der Waals surface area contributed by atoms with Gasteiger partial charge in [-0.2, -0.15) is 5.26 Å². The lowest BCUT2D eigenvalue weighted by Gasteiger charge is -2.14. The van der Waals surface area contributed by atoms with Crippen molar-refractivity contribution in [3.05, 3.63) is 47.6 Å². The van der Waals surface area contributed by atoms with Crippen molar-refractivity contribution in [1.29, 1.82) is 0 Å². The molecule has 0 saturated carbocycles. The average Bonchev–Trinajstić information content (AvgIpc) is 3.01. The summed E-state index contributed by atoms with van der Waals surface area (Å²) in [5.41, 5.74) is 1.22. The Kier molecular flexibility index (Phi) is 3.35. The zero-order valence-corrected chi connectivity index (χ0v) is 9.13. The number of Topliss-reactive ketones (excluding diaryl/α,β-unsaturated/α-hetero) is 1. The Morgan fingerprint density at radius 2 is 1.88 bits per heavy atom. The van der Waals surface area contributed by atoms with Crippen molar-refractivity contribution in [2.45, 2.75) is 12.8 Å². The van der Waals surface area contributed by atoms with E-state index in [1.54, 1.807) is 24.3 Å². The molecular formula is C13H12O4. The lowest BCUT2D eigenvalue weighted by molar-refractivity contribution is -0.237. The first-order valence-electron chi connectivity index (χ1n) is 5.35. The van der Waals surface area contributed by atoms with Crippen LogP contribution in [-0.4, -0.2) is 17.0 Å². The van der Waals surface area contributed by atoms with Crippen LogP contribution >= 0.6 is 0 Å². The first-order chi connectivity index (χ1) is 8.24. The van der Waals surface area contributed by atoms with Gasteiger partial charge in [0.2, 0.25) is 0 Å². The minimum atomic E-state index is -1.03. The normalized spacial score (nSPS) is 18.9. The third-order valence-electron chi connectivity index (χ3n) is 2.85. The molecule has 1 atom stereocenters. The molecule has 0 spiro atoms. The SMILES string of the molecule is O=C(OO)C(C(=O)C1=CC=CC1)C1=CC=CC1. The van der Waals surface area contributed by atoms with Gasteiger partial charge in [0.05, 0.1) is 0 Å². The van der Waals surface area contributed by atoms with Crippen molar-refractivity contribution in [1.82, 2.24) is 0 Å². The molecule has 2 aliphatic rings. The summed E-state index contributed by atoms with van der Waals surface area (Å²) < 4.78 is 0. The largest absolute Gasteiger partial charge is 0.356 e. The number of rotatable bonds is 4. The lowest BCUT2D eigenvalue weighted by atomic mass is 9.89. The van der Waals surface area contributed by atoms with E-state index in [0.717, 1.165) is 0 Å². The molecule has 0 aliphatic heterocycles. The van der Waals surface area contributed by atoms with Crippen LogP contribution in [0, 0.1) is 5.92 Å². The highest BCUT2D eigenvalue weighted by molar-refractivity contribution is 6.11. The van der Waals surface area contributed by atoms with Crippen LogP contribution in [0.1, 0.15) is 12.8 Å². The molecule has 0 radical (unpaired) electrons. The summed E-state index contributed by atoms with van der Waals surface area (Å²) in [4.78, 5) is 27.4. The predicted octanol–water partition coefficient (Wildman–Crippen LogP) is 1.96. The van der Waals surface area contributed by atoms with E-state index in [1.165, 1.54) is 0 Å². The molecule has 1 unspecified atom stereocenters. The fourth-order valence-corrected chi connectivity index (χ4v) is 1.97. The third kappa shape index (κ3) is 2.26. The Bertz CT molecular complexity index is 466. The van der Waals surface area contributed by atoms with Gasteiger partial charge < -0.3 is 0 Å². The van der Waals surface area contributed by atoms with E-state index >= 15 is 0 Å². The molecule has 2 aliphatic carbocycles. The quantitative estimate of drug-likeness (QED) is 0.457. The maximum atomic E-state index is 12.1. The Balaban J connectivity index is 2.21. The van der Waals surface area contributed by atoms with Crippen LogP contribution in [0.5, 0.6) is 0 Å². The molecule has 0 fully saturated rings. The van der Waals surface area contributed by atoms with Gasteiger partial charge in [-0.25, -0.2) is 4.79 Å². The number of hydrogen-bond acceptors (Lipinski definition) is 4. The average molecular weight is 232 g/mol. The van der Waals surface area contributed by atoms with Gasteiger partial charge in [-0.15, -0.1) is 0 Å². The fourth-order valence-electron chi connectivity index (χ4n) is 1.97. The molecule has 0 aromatic rings. The van der Waals surface area contributed by atoms with Gasteiger partial charge in [0.1, 0.15) is 5.92 Å². The molecular weight excluding hydrogens is 220 g/mol. The molecule has 0 bridgehead atoms. The van der Waals surface area contributed by atoms with Gasteiger partial charge in [0.15, 0.2) is 5.78 Å². The second-order valence-electron chi connectivity index (χ2n) is 3.91. The van der Waals surface area contributed by atoms with E-state index in [2.05, 4.69) is 4.89 Å². The topological polar surface area (TPSA) is 63.6 Å². The van der Waals surface area contributed by atoms with Crippen LogP contribution in [0.3, 0.4) is 0 Å². The minimum absolute atomic E-state index is 0.302. The zero-order chi connectivity index (χ0) is 12.3. The Morgan fingerprint density at radius 3 is 2.41 bits per heavy atom. The molecule has 17 heavy (non-hydrogen) atoms. The summed E-state index contributed by atoms with van der Waals surface area (Å²) in [6.45, 7) is 0. The van der Waals surface area contributed by atoms with Crippen molar-refractivity contribution in [3.8, 4) is 0 Å². The Labute approximate surface area is 98.5 Å². The van der Waals surface area contributed by atoms with E-state index in [4.69, 9.17) is 5.26 Å². The number of carbonyl (C=O) groups is 2. The number of ketones is 1. The van der Waals surface area contributed by atoms with E-state index in [9.17, 15) is 9.59 Å². The lowest BCUT2D eigenvalue weighted by Crippen LogP contribution is -2.28. The fraction of sp³-hybridized carbons (Fsp3) is 0.231. The van der Waals surface area contributed by atoms with Crippen LogP contribution < -0.4 is 0 Å². The predicted molar refractivity (Wildman–Crippen MR) is 60.9 cm³/mol. The summed E-state index contributed by atoms with van der Waals surface area (Å²) in [5.74, 6) is -2.25. The van der Waals surface area contributed by atoms with Gasteiger partial charge in [0.25, 0.3) is 0 Å². The van der Waals surface area contributed by atoms with Crippen molar-refractivity contribution >= 4 is 11.8 Å². The smallest absolute Gasteiger partial charge is 0.300 e. The molecule has 0 saturated heterocycles. The first-order valence-corrected chi connectivity index (χ1v) is 5.35. The number of carbonyl (C=O) groups excluding carboxylic acids is 2. The van der Waals surface area contributed by atoms with Crippen LogP contribution in [0.25, 0.3) is 0 Å². The summed E-state index contributed by atoms with van der Waals surface area (Å²) in [5, 5.41) is 8.47. The monoisotopic (exact) mass is 232 g/mol. The standard InChI is InChI=1S/C13H12O4/c14-12(10-7-3-4-8-10)11(13(15)17-16)9-5-1-2-6-9/h1-5,7,11,16H,6,8H2. The van der Waals surface area contributed by atoms with Crippen LogP contribution in [0.4, 0.5) is 0 Å². The first kappa shape index (κ1) is 11.5. The van der Waals surface area contributed by atoms with E-state index in [1.807, 2.05) is 12.2 Å². The maximum absolute atomic E-state index is 12.1. The van der Waals surface area contributed by atoms with Gasteiger partial charge in [-0.1, -0.05) is 36.5 Å². The highest BCUT2D eigenvalue weighted by atomic mass is 17.1. The molecule has 0 aromatic heterocycles. The number of allylic oxidation sites excluding steroid dienone is 7. The third-order valence-corrected chi connectivity index (χ3v) is 2.85. The van der Waals surface area contributed by atoms with Gasteiger partial charge >= 0.3 is 5.97 Å². The van der Waals surface area contributed by atoms with Crippen molar-refractivity contribution in [3.63, 3.8) is 0 Å². The van der Waals surface area contributed by atoms with Crippen LogP contribution in [0.2, 0.25) is 0 Å². The Morgan fingerprint density at radius 1 is 1.18 bits per heavy atom. The summed E-state index contributed by atoms with van der Waals surface area (Å²) in [6, 6.07) is 0. The second-order valence-corrected chi connectivity index (χ2v) is 3.91. The van der Waals surface area contributed by atoms with Gasteiger partial charge in [-0.05, 0) is 18.4 Å². The van der Waals surface area contributed by atoms with E-state index in [-0.39, 0.29) is 5.78 Å². The highest BCUT2D eigenvalue weighted by Gasteiger charge is 2.34. The zero-order valence-electron chi connectivity index (χ0n) is 9.13. The molecule has 4 nitrogen and oxygen atoms in total. The van der Waals surface area contributed by atoms with Crippen LogP contribution in [0.15, 0.2) is 47.6 Å². The summed E-state index contributed by atoms with van der Waals surface area (Å²) in [6.07, 6.45) is 11.7.